The first-order valence-electron chi connectivity index (χ1n) is 6.68. The molecule has 1 aromatic carbocycles. The zero-order valence-electron chi connectivity index (χ0n) is 11.5. The van der Waals surface area contributed by atoms with Crippen molar-refractivity contribution in [3.8, 4) is 0 Å². The normalized spacial score (nSPS) is 10.8. The molecule has 5 nitrogen and oxygen atoms in total. The monoisotopic (exact) mass is 270 g/mol. The van der Waals surface area contributed by atoms with Gasteiger partial charge in [0.15, 0.2) is 0 Å². The van der Waals surface area contributed by atoms with E-state index >= 15 is 0 Å². The van der Waals surface area contributed by atoms with Gasteiger partial charge in [0.1, 0.15) is 5.69 Å². The molecular weight excluding hydrogens is 252 g/mol. The number of carbonyl (C=O) groups is 1. The fourth-order valence-corrected chi connectivity index (χ4v) is 1.71. The van der Waals surface area contributed by atoms with Gasteiger partial charge in [0.25, 0.3) is 0 Å². The molecule has 0 unspecified atom stereocenters. The predicted molar refractivity (Wildman–Crippen MR) is 77.9 cm³/mol. The summed E-state index contributed by atoms with van der Waals surface area (Å²) in [4.78, 5) is 11.4. The molecule has 0 radical (unpaired) electrons. The van der Waals surface area contributed by atoms with Gasteiger partial charge in [0.05, 0.1) is 12.7 Å². The van der Waals surface area contributed by atoms with Crippen LogP contribution in [0.25, 0.3) is 6.08 Å². The van der Waals surface area contributed by atoms with Gasteiger partial charge in [-0.15, -0.1) is 5.10 Å². The molecule has 0 aliphatic heterocycles. The number of aromatic nitrogens is 3. The quantitative estimate of drug-likeness (QED) is 0.815. The molecule has 0 aliphatic rings. The maximum Gasteiger partial charge on any atom is 0.244 e. The number of hydrogen-bond donors (Lipinski definition) is 1. The lowest BCUT2D eigenvalue weighted by molar-refractivity contribution is -0.116. The van der Waals surface area contributed by atoms with E-state index < -0.39 is 0 Å². The number of carbonyl (C=O) groups excluding carboxylic acids is 1. The number of benzene rings is 1. The van der Waals surface area contributed by atoms with Crippen LogP contribution in [-0.4, -0.2) is 27.4 Å². The van der Waals surface area contributed by atoms with Crippen molar-refractivity contribution in [3.05, 3.63) is 53.9 Å². The third-order valence-electron chi connectivity index (χ3n) is 2.70. The van der Waals surface area contributed by atoms with E-state index in [1.807, 2.05) is 43.5 Å². The van der Waals surface area contributed by atoms with Crippen LogP contribution >= 0.6 is 0 Å². The molecule has 0 fully saturated rings. The lowest BCUT2D eigenvalue weighted by Crippen LogP contribution is -2.21. The fraction of sp³-hybridized carbons (Fsp3) is 0.267. The highest BCUT2D eigenvalue weighted by molar-refractivity contribution is 5.91. The first kappa shape index (κ1) is 14.0. The topological polar surface area (TPSA) is 59.8 Å². The summed E-state index contributed by atoms with van der Waals surface area (Å²) < 4.78 is 1.75. The fourth-order valence-electron chi connectivity index (χ4n) is 1.71. The average molecular weight is 270 g/mol. The first-order valence-corrected chi connectivity index (χ1v) is 6.68. The lowest BCUT2D eigenvalue weighted by Gasteiger charge is -1.99. The Labute approximate surface area is 118 Å². The van der Waals surface area contributed by atoms with E-state index in [1.165, 1.54) is 6.08 Å². The molecule has 0 aliphatic carbocycles. The van der Waals surface area contributed by atoms with Gasteiger partial charge in [-0.1, -0.05) is 42.5 Å². The first-order chi connectivity index (χ1) is 9.78. The highest BCUT2D eigenvalue weighted by atomic mass is 16.1. The molecule has 1 N–H and O–H groups in total. The van der Waals surface area contributed by atoms with Crippen LogP contribution in [-0.2, 0) is 11.3 Å². The number of hydrogen-bond acceptors (Lipinski definition) is 3. The number of rotatable bonds is 6. The van der Waals surface area contributed by atoms with E-state index in [-0.39, 0.29) is 5.91 Å². The highest BCUT2D eigenvalue weighted by Crippen LogP contribution is 2.03. The minimum Gasteiger partial charge on any atom is -0.353 e. The van der Waals surface area contributed by atoms with Crippen molar-refractivity contribution in [2.24, 2.45) is 0 Å². The summed E-state index contributed by atoms with van der Waals surface area (Å²) in [5.41, 5.74) is 1.83. The predicted octanol–water partition coefficient (Wildman–Crippen LogP) is 1.87. The van der Waals surface area contributed by atoms with Crippen molar-refractivity contribution >= 4 is 12.0 Å². The molecule has 2 aromatic rings. The van der Waals surface area contributed by atoms with Gasteiger partial charge in [-0.3, -0.25) is 4.79 Å². The Bertz CT molecular complexity index is 575. The summed E-state index contributed by atoms with van der Waals surface area (Å²) >= 11 is 0. The Morgan fingerprint density at radius 2 is 2.15 bits per heavy atom. The third-order valence-corrected chi connectivity index (χ3v) is 2.70. The van der Waals surface area contributed by atoms with Crippen LogP contribution in [0.4, 0.5) is 0 Å². The van der Waals surface area contributed by atoms with E-state index in [4.69, 9.17) is 0 Å². The Kier molecular flexibility index (Phi) is 5.06. The molecule has 0 atom stereocenters. The number of nitrogens with one attached hydrogen (secondary N) is 1. The Balaban J connectivity index is 1.92. The lowest BCUT2D eigenvalue weighted by atomic mass is 10.2. The second kappa shape index (κ2) is 7.23. The molecule has 104 valence electrons. The van der Waals surface area contributed by atoms with Gasteiger partial charge in [-0.05, 0) is 18.1 Å². The van der Waals surface area contributed by atoms with Gasteiger partial charge >= 0.3 is 0 Å². The summed E-state index contributed by atoms with van der Waals surface area (Å²) in [5, 5.41) is 10.8. The van der Waals surface area contributed by atoms with E-state index in [1.54, 1.807) is 10.8 Å². The molecule has 1 amide bonds. The van der Waals surface area contributed by atoms with Crippen LogP contribution in [0.15, 0.2) is 42.6 Å². The molecule has 2 rings (SSSR count). The SMILES string of the molecule is CCCNC(=O)/C=C/c1cn(Cc2ccccc2)nn1. The molecule has 0 saturated carbocycles. The molecule has 5 heteroatoms. The minimum absolute atomic E-state index is 0.107. The summed E-state index contributed by atoms with van der Waals surface area (Å²) in [6.07, 6.45) is 5.88. The van der Waals surface area contributed by atoms with E-state index in [0.717, 1.165) is 12.0 Å². The Morgan fingerprint density at radius 1 is 1.35 bits per heavy atom. The standard InChI is InChI=1S/C15H18N4O/c1-2-10-16-15(20)9-8-14-12-19(18-17-14)11-13-6-4-3-5-7-13/h3-9,12H,2,10-11H2,1H3,(H,16,20)/b9-8+. The number of nitrogens with zero attached hydrogens (tertiary/aromatic N) is 3. The zero-order chi connectivity index (χ0) is 14.2. The van der Waals surface area contributed by atoms with Gasteiger partial charge < -0.3 is 5.32 Å². The van der Waals surface area contributed by atoms with Crippen molar-refractivity contribution < 1.29 is 4.79 Å². The molecule has 0 saturated heterocycles. The third kappa shape index (κ3) is 4.35. The van der Waals surface area contributed by atoms with Crippen molar-refractivity contribution in [1.29, 1.82) is 0 Å². The van der Waals surface area contributed by atoms with Crippen molar-refractivity contribution in [1.82, 2.24) is 20.3 Å². The van der Waals surface area contributed by atoms with Gasteiger partial charge in [-0.2, -0.15) is 0 Å². The van der Waals surface area contributed by atoms with Crippen LogP contribution in [0.2, 0.25) is 0 Å². The maximum absolute atomic E-state index is 11.4. The smallest absolute Gasteiger partial charge is 0.244 e. The largest absolute Gasteiger partial charge is 0.353 e. The number of amides is 1. The highest BCUT2D eigenvalue weighted by Gasteiger charge is 1.99. The van der Waals surface area contributed by atoms with Crippen molar-refractivity contribution in [2.45, 2.75) is 19.9 Å². The van der Waals surface area contributed by atoms with Gasteiger partial charge in [-0.25, -0.2) is 4.68 Å². The summed E-state index contributed by atoms with van der Waals surface area (Å²) in [5.74, 6) is -0.107. The van der Waals surface area contributed by atoms with E-state index in [9.17, 15) is 4.79 Å². The minimum atomic E-state index is -0.107. The summed E-state index contributed by atoms with van der Waals surface area (Å²) in [6.45, 7) is 3.37. The van der Waals surface area contributed by atoms with E-state index in [2.05, 4.69) is 15.6 Å². The Hall–Kier alpha value is -2.43. The molecule has 1 aromatic heterocycles. The van der Waals surface area contributed by atoms with Crippen molar-refractivity contribution in [2.75, 3.05) is 6.54 Å². The van der Waals surface area contributed by atoms with E-state index in [0.29, 0.717) is 18.8 Å². The summed E-state index contributed by atoms with van der Waals surface area (Å²) in [7, 11) is 0. The molecular formula is C15H18N4O. The van der Waals surface area contributed by atoms with Crippen molar-refractivity contribution in [3.63, 3.8) is 0 Å². The molecule has 0 bridgehead atoms. The van der Waals surface area contributed by atoms with Gasteiger partial charge in [0, 0.05) is 12.6 Å². The molecule has 0 spiro atoms. The zero-order valence-corrected chi connectivity index (χ0v) is 11.5. The summed E-state index contributed by atoms with van der Waals surface area (Å²) in [6, 6.07) is 10.0. The van der Waals surface area contributed by atoms with Crippen LogP contribution in [0.3, 0.4) is 0 Å². The molecule has 1 heterocycles. The van der Waals surface area contributed by atoms with Crippen LogP contribution in [0, 0.1) is 0 Å². The van der Waals surface area contributed by atoms with Crippen LogP contribution in [0.5, 0.6) is 0 Å². The average Bonchev–Trinajstić information content (AvgIpc) is 2.91. The molecule has 20 heavy (non-hydrogen) atoms. The second-order valence-corrected chi connectivity index (χ2v) is 4.45. The van der Waals surface area contributed by atoms with Crippen LogP contribution < -0.4 is 5.32 Å². The second-order valence-electron chi connectivity index (χ2n) is 4.45. The van der Waals surface area contributed by atoms with Gasteiger partial charge in [0.2, 0.25) is 5.91 Å². The Morgan fingerprint density at radius 3 is 2.90 bits per heavy atom. The van der Waals surface area contributed by atoms with Crippen LogP contribution in [0.1, 0.15) is 24.6 Å². The maximum atomic E-state index is 11.4.